The Morgan fingerprint density at radius 1 is 1.12 bits per heavy atom. The molecule has 0 atom stereocenters. The summed E-state index contributed by atoms with van der Waals surface area (Å²) in [7, 11) is -3.49. The number of alkyl halides is 3. The fourth-order valence-electron chi connectivity index (χ4n) is 2.27. The summed E-state index contributed by atoms with van der Waals surface area (Å²) in [5.74, 6) is -0.0877. The maximum atomic E-state index is 12.7. The summed E-state index contributed by atoms with van der Waals surface area (Å²) in [6.07, 6.45) is -3.80. The van der Waals surface area contributed by atoms with Crippen molar-refractivity contribution in [2.75, 3.05) is 5.75 Å². The number of fused-ring (bicyclic) bond motifs is 1. The number of rotatable bonds is 3. The van der Waals surface area contributed by atoms with E-state index in [1.165, 1.54) is 25.1 Å². The van der Waals surface area contributed by atoms with Gasteiger partial charge >= 0.3 is 6.18 Å². The second-order valence-electron chi connectivity index (χ2n) is 5.04. The zero-order valence-electron chi connectivity index (χ0n) is 12.4. The first-order chi connectivity index (χ1) is 11.2. The Bertz CT molecular complexity index is 1010. The van der Waals surface area contributed by atoms with Crippen molar-refractivity contribution in [3.8, 4) is 11.3 Å². The highest BCUT2D eigenvalue weighted by Crippen LogP contribution is 2.30. The van der Waals surface area contributed by atoms with Gasteiger partial charge in [-0.1, -0.05) is 25.1 Å². The molecule has 0 unspecified atom stereocenters. The van der Waals surface area contributed by atoms with Crippen LogP contribution in [0, 0.1) is 0 Å². The number of halogens is 3. The lowest BCUT2D eigenvalue weighted by molar-refractivity contribution is -0.140. The molecule has 0 amide bonds. The molecule has 2 aromatic heterocycles. The Balaban J connectivity index is 2.18. The third-order valence-electron chi connectivity index (χ3n) is 3.49. The molecule has 0 aliphatic carbocycles. The Kier molecular flexibility index (Phi) is 3.83. The quantitative estimate of drug-likeness (QED) is 0.724. The van der Waals surface area contributed by atoms with Gasteiger partial charge in [-0.05, 0) is 18.2 Å². The van der Waals surface area contributed by atoms with Crippen LogP contribution < -0.4 is 0 Å². The molecule has 24 heavy (non-hydrogen) atoms. The van der Waals surface area contributed by atoms with E-state index in [9.17, 15) is 21.6 Å². The number of hydrogen-bond donors (Lipinski definition) is 0. The highest BCUT2D eigenvalue weighted by Gasteiger charge is 2.34. The van der Waals surface area contributed by atoms with Crippen LogP contribution in [0.2, 0.25) is 0 Å². The van der Waals surface area contributed by atoms with Crippen LogP contribution in [0.4, 0.5) is 13.2 Å². The molecule has 9 heteroatoms. The summed E-state index contributed by atoms with van der Waals surface area (Å²) in [6.45, 7) is 1.52. The second kappa shape index (κ2) is 5.59. The molecule has 5 nitrogen and oxygen atoms in total. The zero-order valence-corrected chi connectivity index (χ0v) is 13.3. The Hall–Kier alpha value is -2.42. The molecular formula is C15H12F3N3O2S. The lowest BCUT2D eigenvalue weighted by atomic mass is 10.1. The molecule has 2 heterocycles. The van der Waals surface area contributed by atoms with Crippen molar-refractivity contribution in [1.82, 2.24) is 14.6 Å². The van der Waals surface area contributed by atoms with E-state index >= 15 is 0 Å². The van der Waals surface area contributed by atoms with Crippen molar-refractivity contribution < 1.29 is 21.6 Å². The molecule has 0 bridgehead atoms. The molecule has 126 valence electrons. The van der Waals surface area contributed by atoms with Gasteiger partial charge in [0, 0.05) is 5.56 Å². The van der Waals surface area contributed by atoms with Gasteiger partial charge in [0.2, 0.25) is 0 Å². The Labute approximate surface area is 135 Å². The molecule has 0 N–H and O–H groups in total. The lowest BCUT2D eigenvalue weighted by Crippen LogP contribution is -2.06. The minimum Gasteiger partial charge on any atom is -0.224 e. The van der Waals surface area contributed by atoms with Crippen molar-refractivity contribution in [2.45, 2.75) is 18.0 Å². The first kappa shape index (κ1) is 16.4. The standard InChI is InChI=1S/C15H12F3N3O2S/c1-2-24(22,23)12-6-4-3-5-10(12)11-7-8-14-19-13(15(16,17)18)9-21(14)20-11/h3-9H,2H2,1H3. The fraction of sp³-hybridized carbons (Fsp3) is 0.200. The molecule has 0 spiro atoms. The highest BCUT2D eigenvalue weighted by molar-refractivity contribution is 7.91. The fourth-order valence-corrected chi connectivity index (χ4v) is 3.37. The van der Waals surface area contributed by atoms with Gasteiger partial charge in [-0.25, -0.2) is 17.9 Å². The van der Waals surface area contributed by atoms with Gasteiger partial charge in [-0.3, -0.25) is 0 Å². The summed E-state index contributed by atoms with van der Waals surface area (Å²) in [6, 6.07) is 9.07. The van der Waals surface area contributed by atoms with E-state index < -0.39 is 21.7 Å². The van der Waals surface area contributed by atoms with E-state index in [1.54, 1.807) is 18.2 Å². The molecule has 3 rings (SSSR count). The predicted molar refractivity (Wildman–Crippen MR) is 81.2 cm³/mol. The van der Waals surface area contributed by atoms with Gasteiger partial charge < -0.3 is 0 Å². The van der Waals surface area contributed by atoms with Crippen LogP contribution in [0.5, 0.6) is 0 Å². The highest BCUT2D eigenvalue weighted by atomic mass is 32.2. The molecule has 0 radical (unpaired) electrons. The summed E-state index contributed by atoms with van der Waals surface area (Å²) in [4.78, 5) is 3.56. The summed E-state index contributed by atoms with van der Waals surface area (Å²) >= 11 is 0. The van der Waals surface area contributed by atoms with Crippen LogP contribution >= 0.6 is 0 Å². The summed E-state index contributed by atoms with van der Waals surface area (Å²) in [5, 5.41) is 4.08. The third kappa shape index (κ3) is 2.86. The van der Waals surface area contributed by atoms with E-state index in [2.05, 4.69) is 10.1 Å². The van der Waals surface area contributed by atoms with Gasteiger partial charge in [0.25, 0.3) is 0 Å². The first-order valence-corrected chi connectivity index (χ1v) is 8.63. The molecular weight excluding hydrogens is 343 g/mol. The van der Waals surface area contributed by atoms with Crippen LogP contribution in [-0.4, -0.2) is 28.8 Å². The van der Waals surface area contributed by atoms with Crippen LogP contribution in [0.3, 0.4) is 0 Å². The number of imidazole rings is 1. The van der Waals surface area contributed by atoms with Crippen molar-refractivity contribution in [2.24, 2.45) is 0 Å². The Morgan fingerprint density at radius 2 is 1.83 bits per heavy atom. The van der Waals surface area contributed by atoms with E-state index in [4.69, 9.17) is 0 Å². The monoisotopic (exact) mass is 355 g/mol. The number of hydrogen-bond acceptors (Lipinski definition) is 4. The van der Waals surface area contributed by atoms with E-state index in [0.717, 1.165) is 10.7 Å². The van der Waals surface area contributed by atoms with Gasteiger partial charge in [0.05, 0.1) is 22.5 Å². The first-order valence-electron chi connectivity index (χ1n) is 6.98. The predicted octanol–water partition coefficient (Wildman–Crippen LogP) is 3.21. The molecule has 0 fully saturated rings. The minimum atomic E-state index is -4.57. The van der Waals surface area contributed by atoms with Crippen LogP contribution in [0.25, 0.3) is 16.9 Å². The van der Waals surface area contributed by atoms with E-state index in [0.29, 0.717) is 5.56 Å². The van der Waals surface area contributed by atoms with Crippen molar-refractivity contribution in [3.05, 3.63) is 48.3 Å². The van der Waals surface area contributed by atoms with Crippen LogP contribution in [0.15, 0.2) is 47.5 Å². The van der Waals surface area contributed by atoms with E-state index in [1.807, 2.05) is 0 Å². The number of aromatic nitrogens is 3. The largest absolute Gasteiger partial charge is 0.434 e. The normalized spacial score (nSPS) is 12.7. The summed E-state index contributed by atoms with van der Waals surface area (Å²) in [5.41, 5.74) is -0.437. The lowest BCUT2D eigenvalue weighted by Gasteiger charge is -2.08. The summed E-state index contributed by atoms with van der Waals surface area (Å²) < 4.78 is 63.6. The molecule has 0 aliphatic rings. The van der Waals surface area contributed by atoms with Crippen molar-refractivity contribution >= 4 is 15.5 Å². The third-order valence-corrected chi connectivity index (χ3v) is 5.27. The van der Waals surface area contributed by atoms with Gasteiger partial charge in [0.1, 0.15) is 0 Å². The molecule has 1 aromatic carbocycles. The minimum absolute atomic E-state index is 0.0295. The van der Waals surface area contributed by atoms with Crippen LogP contribution in [0.1, 0.15) is 12.6 Å². The molecule has 0 saturated carbocycles. The van der Waals surface area contributed by atoms with Crippen molar-refractivity contribution in [1.29, 1.82) is 0 Å². The molecule has 0 saturated heterocycles. The van der Waals surface area contributed by atoms with Crippen molar-refractivity contribution in [3.63, 3.8) is 0 Å². The zero-order chi connectivity index (χ0) is 17.5. The smallest absolute Gasteiger partial charge is 0.224 e. The SMILES string of the molecule is CCS(=O)(=O)c1ccccc1-c1ccc2nc(C(F)(F)F)cn2n1. The number of sulfone groups is 1. The van der Waals surface area contributed by atoms with E-state index in [-0.39, 0.29) is 22.0 Å². The maximum Gasteiger partial charge on any atom is 0.434 e. The average molecular weight is 355 g/mol. The Morgan fingerprint density at radius 3 is 2.50 bits per heavy atom. The van der Waals surface area contributed by atoms with Gasteiger partial charge in [-0.2, -0.15) is 18.3 Å². The topological polar surface area (TPSA) is 64.3 Å². The van der Waals surface area contributed by atoms with Gasteiger partial charge in [0.15, 0.2) is 21.2 Å². The maximum absolute atomic E-state index is 12.7. The van der Waals surface area contributed by atoms with Gasteiger partial charge in [-0.15, -0.1) is 0 Å². The second-order valence-corrected chi connectivity index (χ2v) is 7.29. The number of nitrogens with zero attached hydrogens (tertiary/aromatic N) is 3. The average Bonchev–Trinajstić information content (AvgIpc) is 2.98. The molecule has 3 aromatic rings. The number of benzene rings is 1. The van der Waals surface area contributed by atoms with Crippen LogP contribution in [-0.2, 0) is 16.0 Å². The molecule has 0 aliphatic heterocycles.